The fourth-order valence-corrected chi connectivity index (χ4v) is 3.07. The Balaban J connectivity index is 2.70. The van der Waals surface area contributed by atoms with E-state index in [-0.39, 0.29) is 5.75 Å². The van der Waals surface area contributed by atoms with Crippen LogP contribution in [0.25, 0.3) is 0 Å². The lowest BCUT2D eigenvalue weighted by Crippen LogP contribution is -2.18. The summed E-state index contributed by atoms with van der Waals surface area (Å²) in [6.45, 7) is 4.02. The van der Waals surface area contributed by atoms with Crippen LogP contribution in [0, 0.1) is 5.92 Å². The third-order valence-electron chi connectivity index (χ3n) is 2.10. The lowest BCUT2D eigenvalue weighted by atomic mass is 10.2. The first kappa shape index (κ1) is 13.5. The van der Waals surface area contributed by atoms with Gasteiger partial charge in [-0.2, -0.15) is 0 Å². The molecular weight excluding hydrogens is 290 g/mol. The van der Waals surface area contributed by atoms with Gasteiger partial charge in [-0.3, -0.25) is 4.72 Å². The fourth-order valence-electron chi connectivity index (χ4n) is 1.15. The van der Waals surface area contributed by atoms with Gasteiger partial charge in [-0.15, -0.1) is 0 Å². The molecule has 16 heavy (non-hydrogen) atoms. The average Bonchev–Trinajstić information content (AvgIpc) is 2.19. The summed E-state index contributed by atoms with van der Waals surface area (Å²) in [5.74, 6) is 0.544. The summed E-state index contributed by atoms with van der Waals surface area (Å²) in [6.07, 6.45) is 0.666. The Kier molecular flexibility index (Phi) is 4.80. The smallest absolute Gasteiger partial charge is 0.232 e. The van der Waals surface area contributed by atoms with Crippen molar-refractivity contribution in [1.82, 2.24) is 0 Å². The van der Waals surface area contributed by atoms with Gasteiger partial charge in [0.2, 0.25) is 10.0 Å². The number of para-hydroxylation sites is 1. The Hall–Kier alpha value is -0.550. The zero-order valence-electron chi connectivity index (χ0n) is 9.40. The van der Waals surface area contributed by atoms with Crippen molar-refractivity contribution in [2.45, 2.75) is 20.3 Å². The summed E-state index contributed by atoms with van der Waals surface area (Å²) in [5, 5.41) is 0. The van der Waals surface area contributed by atoms with Gasteiger partial charge in [0, 0.05) is 4.47 Å². The molecule has 0 aromatic heterocycles. The SMILES string of the molecule is CC(C)CCS(=O)(=O)Nc1ccccc1Br. The van der Waals surface area contributed by atoms with Crippen LogP contribution in [0.4, 0.5) is 5.69 Å². The second-order valence-corrected chi connectivity index (χ2v) is 6.78. The topological polar surface area (TPSA) is 46.2 Å². The molecule has 0 radical (unpaired) electrons. The highest BCUT2D eigenvalue weighted by atomic mass is 79.9. The predicted molar refractivity (Wildman–Crippen MR) is 71.0 cm³/mol. The highest BCUT2D eigenvalue weighted by Gasteiger charge is 2.12. The molecule has 0 saturated carbocycles. The van der Waals surface area contributed by atoms with Gasteiger partial charge in [-0.05, 0) is 40.4 Å². The van der Waals surface area contributed by atoms with Crippen LogP contribution in [-0.2, 0) is 10.0 Å². The molecule has 0 aliphatic rings. The summed E-state index contributed by atoms with van der Waals surface area (Å²) < 4.78 is 26.8. The molecule has 0 bridgehead atoms. The highest BCUT2D eigenvalue weighted by molar-refractivity contribution is 9.10. The Morgan fingerprint density at radius 3 is 2.50 bits per heavy atom. The van der Waals surface area contributed by atoms with Gasteiger partial charge < -0.3 is 0 Å². The van der Waals surface area contributed by atoms with Crippen LogP contribution >= 0.6 is 15.9 Å². The summed E-state index contributed by atoms with van der Waals surface area (Å²) in [7, 11) is -3.23. The van der Waals surface area contributed by atoms with E-state index in [0.29, 0.717) is 18.0 Å². The van der Waals surface area contributed by atoms with E-state index in [2.05, 4.69) is 20.7 Å². The first-order chi connectivity index (χ1) is 7.41. The number of nitrogens with one attached hydrogen (secondary N) is 1. The second kappa shape index (κ2) is 5.68. The van der Waals surface area contributed by atoms with E-state index in [4.69, 9.17) is 0 Å². The minimum Gasteiger partial charge on any atom is -0.282 e. The molecule has 0 unspecified atom stereocenters. The second-order valence-electron chi connectivity index (χ2n) is 4.08. The lowest BCUT2D eigenvalue weighted by molar-refractivity contribution is 0.578. The molecule has 1 rings (SSSR count). The number of halogens is 1. The standard InChI is InChI=1S/C11H16BrNO2S/c1-9(2)7-8-16(14,15)13-11-6-4-3-5-10(11)12/h3-6,9,13H,7-8H2,1-2H3. The van der Waals surface area contributed by atoms with Gasteiger partial charge in [0.15, 0.2) is 0 Å². The monoisotopic (exact) mass is 305 g/mol. The third kappa shape index (κ3) is 4.53. The van der Waals surface area contributed by atoms with Crippen LogP contribution in [0.5, 0.6) is 0 Å². The maximum Gasteiger partial charge on any atom is 0.232 e. The average molecular weight is 306 g/mol. The van der Waals surface area contributed by atoms with E-state index >= 15 is 0 Å². The van der Waals surface area contributed by atoms with Crippen molar-refractivity contribution in [1.29, 1.82) is 0 Å². The lowest BCUT2D eigenvalue weighted by Gasteiger charge is -2.10. The van der Waals surface area contributed by atoms with Gasteiger partial charge in [0.1, 0.15) is 0 Å². The Labute approximate surface area is 105 Å². The molecule has 0 saturated heterocycles. The molecule has 0 aliphatic heterocycles. The molecule has 0 aliphatic carbocycles. The Morgan fingerprint density at radius 2 is 1.94 bits per heavy atom. The molecule has 0 amide bonds. The van der Waals surface area contributed by atoms with Crippen LogP contribution in [0.1, 0.15) is 20.3 Å². The van der Waals surface area contributed by atoms with Crippen molar-refractivity contribution >= 4 is 31.6 Å². The van der Waals surface area contributed by atoms with E-state index in [1.807, 2.05) is 19.9 Å². The largest absolute Gasteiger partial charge is 0.282 e. The minimum atomic E-state index is -3.23. The van der Waals surface area contributed by atoms with Crippen molar-refractivity contribution in [2.75, 3.05) is 10.5 Å². The Morgan fingerprint density at radius 1 is 1.31 bits per heavy atom. The van der Waals surface area contributed by atoms with E-state index in [1.54, 1.807) is 18.2 Å². The summed E-state index contributed by atoms with van der Waals surface area (Å²) in [6, 6.07) is 7.18. The van der Waals surface area contributed by atoms with Crippen molar-refractivity contribution in [2.24, 2.45) is 5.92 Å². The van der Waals surface area contributed by atoms with E-state index in [1.165, 1.54) is 0 Å². The van der Waals surface area contributed by atoms with Gasteiger partial charge in [-0.1, -0.05) is 26.0 Å². The molecule has 1 N–H and O–H groups in total. The summed E-state index contributed by atoms with van der Waals surface area (Å²) in [5.41, 5.74) is 0.589. The van der Waals surface area contributed by atoms with E-state index < -0.39 is 10.0 Å². The molecule has 90 valence electrons. The Bertz CT molecular complexity index is 443. The predicted octanol–water partition coefficient (Wildman–Crippen LogP) is 3.24. The van der Waals surface area contributed by atoms with Crippen LogP contribution < -0.4 is 4.72 Å². The van der Waals surface area contributed by atoms with Crippen molar-refractivity contribution in [3.63, 3.8) is 0 Å². The quantitative estimate of drug-likeness (QED) is 0.908. The van der Waals surface area contributed by atoms with Gasteiger partial charge in [0.05, 0.1) is 11.4 Å². The molecule has 1 aromatic carbocycles. The van der Waals surface area contributed by atoms with Gasteiger partial charge in [-0.25, -0.2) is 8.42 Å². The van der Waals surface area contributed by atoms with E-state index in [9.17, 15) is 8.42 Å². The maximum absolute atomic E-state index is 11.7. The van der Waals surface area contributed by atoms with Crippen molar-refractivity contribution in [3.8, 4) is 0 Å². The summed E-state index contributed by atoms with van der Waals surface area (Å²) >= 11 is 3.30. The highest BCUT2D eigenvalue weighted by Crippen LogP contribution is 2.22. The molecule has 3 nitrogen and oxygen atoms in total. The first-order valence-corrected chi connectivity index (χ1v) is 7.60. The summed E-state index contributed by atoms with van der Waals surface area (Å²) in [4.78, 5) is 0. The molecule has 5 heteroatoms. The van der Waals surface area contributed by atoms with Crippen molar-refractivity contribution < 1.29 is 8.42 Å². The van der Waals surface area contributed by atoms with Crippen LogP contribution in [0.15, 0.2) is 28.7 Å². The molecule has 0 atom stereocenters. The van der Waals surface area contributed by atoms with Crippen LogP contribution in [-0.4, -0.2) is 14.2 Å². The minimum absolute atomic E-state index is 0.159. The number of hydrogen-bond donors (Lipinski definition) is 1. The van der Waals surface area contributed by atoms with E-state index in [0.717, 1.165) is 4.47 Å². The molecule has 1 aromatic rings. The van der Waals surface area contributed by atoms with Crippen LogP contribution in [0.3, 0.4) is 0 Å². The number of benzene rings is 1. The molecular formula is C11H16BrNO2S. The zero-order valence-corrected chi connectivity index (χ0v) is 11.8. The molecule has 0 heterocycles. The first-order valence-electron chi connectivity index (χ1n) is 5.16. The van der Waals surface area contributed by atoms with Crippen molar-refractivity contribution in [3.05, 3.63) is 28.7 Å². The van der Waals surface area contributed by atoms with Crippen LogP contribution in [0.2, 0.25) is 0 Å². The number of rotatable bonds is 5. The normalized spacial score (nSPS) is 11.8. The number of hydrogen-bond acceptors (Lipinski definition) is 2. The molecule has 0 fully saturated rings. The third-order valence-corrected chi connectivity index (χ3v) is 4.10. The van der Waals surface area contributed by atoms with Gasteiger partial charge in [0.25, 0.3) is 0 Å². The zero-order chi connectivity index (χ0) is 12.2. The number of anilines is 1. The number of sulfonamides is 1. The molecule has 0 spiro atoms. The maximum atomic E-state index is 11.7. The van der Waals surface area contributed by atoms with Gasteiger partial charge >= 0.3 is 0 Å². The fraction of sp³-hybridized carbons (Fsp3) is 0.455.